The molecule has 0 radical (unpaired) electrons. The van der Waals surface area contributed by atoms with Crippen LogP contribution >= 0.6 is 11.6 Å². The summed E-state index contributed by atoms with van der Waals surface area (Å²) in [5, 5.41) is 8.88. The van der Waals surface area contributed by atoms with Gasteiger partial charge in [-0.05, 0) is 18.2 Å². The highest BCUT2D eigenvalue weighted by Gasteiger charge is 2.33. The number of rotatable bonds is 3. The third-order valence-corrected chi connectivity index (χ3v) is 3.10. The third-order valence-electron chi connectivity index (χ3n) is 2.87. The summed E-state index contributed by atoms with van der Waals surface area (Å²) in [4.78, 5) is 23.8. The number of carbonyl (C=O) groups excluding carboxylic acids is 1. The second-order valence-electron chi connectivity index (χ2n) is 4.30. The Balaban J connectivity index is 2.01. The number of benzene rings is 1. The van der Waals surface area contributed by atoms with Crippen molar-refractivity contribution in [2.75, 3.05) is 13.1 Å². The monoisotopic (exact) mass is 271 g/mol. The van der Waals surface area contributed by atoms with E-state index in [0.29, 0.717) is 18.1 Å². The van der Waals surface area contributed by atoms with Crippen LogP contribution in [0.25, 0.3) is 0 Å². The highest BCUT2D eigenvalue weighted by Crippen LogP contribution is 2.23. The molecule has 1 aromatic carbocycles. The molecular formula is C12H11ClFNO3. The van der Waals surface area contributed by atoms with Gasteiger partial charge < -0.3 is 10.0 Å². The highest BCUT2D eigenvalue weighted by atomic mass is 35.5. The number of aliphatic carboxylic acids is 1. The molecule has 0 saturated carbocycles. The molecule has 1 heterocycles. The lowest BCUT2D eigenvalue weighted by Crippen LogP contribution is -2.50. The Labute approximate surface area is 108 Å². The van der Waals surface area contributed by atoms with Crippen molar-refractivity contribution < 1.29 is 19.1 Å². The predicted molar refractivity (Wildman–Crippen MR) is 63.1 cm³/mol. The van der Waals surface area contributed by atoms with Crippen molar-refractivity contribution in [1.82, 2.24) is 4.90 Å². The molecule has 0 aliphatic carbocycles. The summed E-state index contributed by atoms with van der Waals surface area (Å²) in [6.07, 6.45) is 0.0296. The fourth-order valence-corrected chi connectivity index (χ4v) is 2.12. The Bertz CT molecular complexity index is 500. The lowest BCUT2D eigenvalue weighted by Gasteiger charge is -2.38. The van der Waals surface area contributed by atoms with Crippen molar-refractivity contribution in [2.45, 2.75) is 6.42 Å². The molecule has 1 aliphatic heterocycles. The number of likely N-dealkylation sites (tertiary alicyclic amines) is 1. The van der Waals surface area contributed by atoms with E-state index in [1.807, 2.05) is 0 Å². The van der Waals surface area contributed by atoms with Crippen LogP contribution in [0.2, 0.25) is 5.02 Å². The normalized spacial score (nSPS) is 15.3. The first-order valence-electron chi connectivity index (χ1n) is 5.43. The van der Waals surface area contributed by atoms with Crippen LogP contribution in [0.5, 0.6) is 0 Å². The second-order valence-corrected chi connectivity index (χ2v) is 4.73. The zero-order valence-electron chi connectivity index (χ0n) is 9.40. The molecule has 0 aromatic heterocycles. The van der Waals surface area contributed by atoms with Gasteiger partial charge in [-0.15, -0.1) is 0 Å². The quantitative estimate of drug-likeness (QED) is 0.915. The molecule has 1 fully saturated rings. The van der Waals surface area contributed by atoms with Gasteiger partial charge in [-0.25, -0.2) is 4.39 Å². The molecule has 0 atom stereocenters. The number of amides is 1. The van der Waals surface area contributed by atoms with Crippen LogP contribution in [0.4, 0.5) is 4.39 Å². The Morgan fingerprint density at radius 2 is 2.11 bits per heavy atom. The Kier molecular flexibility index (Phi) is 3.52. The van der Waals surface area contributed by atoms with Crippen LogP contribution in [0.1, 0.15) is 16.8 Å². The highest BCUT2D eigenvalue weighted by molar-refractivity contribution is 6.31. The molecule has 1 amide bonds. The summed E-state index contributed by atoms with van der Waals surface area (Å²) in [6.45, 7) is 0.689. The number of halogens is 2. The summed E-state index contributed by atoms with van der Waals surface area (Å²) in [5.74, 6) is -2.00. The molecule has 2 rings (SSSR count). The average molecular weight is 272 g/mol. The van der Waals surface area contributed by atoms with Crippen LogP contribution in [0.3, 0.4) is 0 Å². The Hall–Kier alpha value is -1.62. The fourth-order valence-electron chi connectivity index (χ4n) is 1.94. The molecule has 0 bridgehead atoms. The summed E-state index contributed by atoms with van der Waals surface area (Å²) in [6, 6.07) is 3.80. The van der Waals surface area contributed by atoms with Crippen molar-refractivity contribution in [3.63, 3.8) is 0 Å². The van der Waals surface area contributed by atoms with Gasteiger partial charge in [0.15, 0.2) is 0 Å². The molecule has 4 nitrogen and oxygen atoms in total. The second kappa shape index (κ2) is 4.94. The minimum Gasteiger partial charge on any atom is -0.481 e. The summed E-state index contributed by atoms with van der Waals surface area (Å²) < 4.78 is 13.4. The van der Waals surface area contributed by atoms with Crippen LogP contribution in [-0.2, 0) is 4.79 Å². The molecule has 6 heteroatoms. The van der Waals surface area contributed by atoms with Gasteiger partial charge in [0.2, 0.25) is 0 Å². The van der Waals surface area contributed by atoms with Crippen LogP contribution in [0, 0.1) is 11.7 Å². The number of carboxylic acids is 1. The maximum absolute atomic E-state index is 13.4. The van der Waals surface area contributed by atoms with E-state index in [-0.39, 0.29) is 17.9 Å². The lowest BCUT2D eigenvalue weighted by molar-refractivity contribution is -0.139. The summed E-state index contributed by atoms with van der Waals surface area (Å²) >= 11 is 5.71. The van der Waals surface area contributed by atoms with Gasteiger partial charge >= 0.3 is 5.97 Å². The minimum atomic E-state index is -0.888. The van der Waals surface area contributed by atoms with Crippen LogP contribution in [0.15, 0.2) is 18.2 Å². The van der Waals surface area contributed by atoms with E-state index in [2.05, 4.69) is 0 Å². The largest absolute Gasteiger partial charge is 0.481 e. The molecule has 18 heavy (non-hydrogen) atoms. The van der Waals surface area contributed by atoms with Gasteiger partial charge in [-0.1, -0.05) is 11.6 Å². The molecule has 1 saturated heterocycles. The van der Waals surface area contributed by atoms with E-state index in [1.165, 1.54) is 17.0 Å². The third kappa shape index (κ3) is 2.61. The van der Waals surface area contributed by atoms with Crippen molar-refractivity contribution in [2.24, 2.45) is 5.92 Å². The first kappa shape index (κ1) is 12.8. The van der Waals surface area contributed by atoms with E-state index in [9.17, 15) is 14.0 Å². The van der Waals surface area contributed by atoms with Gasteiger partial charge in [0.25, 0.3) is 5.91 Å². The zero-order chi connectivity index (χ0) is 13.3. The van der Waals surface area contributed by atoms with Crippen LogP contribution < -0.4 is 0 Å². The molecule has 1 aromatic rings. The van der Waals surface area contributed by atoms with Crippen molar-refractivity contribution in [3.8, 4) is 0 Å². The van der Waals surface area contributed by atoms with Crippen molar-refractivity contribution in [3.05, 3.63) is 34.6 Å². The maximum Gasteiger partial charge on any atom is 0.303 e. The van der Waals surface area contributed by atoms with Gasteiger partial charge in [0, 0.05) is 24.0 Å². The van der Waals surface area contributed by atoms with E-state index in [4.69, 9.17) is 16.7 Å². The number of nitrogens with zero attached hydrogens (tertiary/aromatic N) is 1. The number of hydrogen-bond donors (Lipinski definition) is 1. The number of carbonyl (C=O) groups is 2. The zero-order valence-corrected chi connectivity index (χ0v) is 10.2. The first-order valence-corrected chi connectivity index (χ1v) is 5.81. The summed E-state index contributed by atoms with van der Waals surface area (Å²) in [7, 11) is 0. The Morgan fingerprint density at radius 1 is 1.44 bits per heavy atom. The van der Waals surface area contributed by atoms with Crippen molar-refractivity contribution in [1.29, 1.82) is 0 Å². The standard InChI is InChI=1S/C12H11ClFNO3/c13-8-1-2-10(14)9(4-8)12(18)15-5-7(6-15)3-11(16)17/h1-2,4,7H,3,5-6H2,(H,16,17). The average Bonchev–Trinajstić information content (AvgIpc) is 2.25. The van der Waals surface area contributed by atoms with Crippen molar-refractivity contribution >= 4 is 23.5 Å². The summed E-state index contributed by atoms with van der Waals surface area (Å²) in [5.41, 5.74) is -0.0729. The molecule has 1 aliphatic rings. The predicted octanol–water partition coefficient (Wildman–Crippen LogP) is 2.03. The molecule has 96 valence electrons. The van der Waals surface area contributed by atoms with E-state index >= 15 is 0 Å². The number of carboxylic acid groups (broad SMARTS) is 1. The Morgan fingerprint density at radius 3 is 2.72 bits per heavy atom. The fraction of sp³-hybridized carbons (Fsp3) is 0.333. The van der Waals surface area contributed by atoms with Gasteiger partial charge in [0.05, 0.1) is 12.0 Å². The first-order chi connectivity index (χ1) is 8.47. The lowest BCUT2D eigenvalue weighted by atomic mass is 9.95. The van der Waals surface area contributed by atoms with E-state index in [0.717, 1.165) is 6.07 Å². The van der Waals surface area contributed by atoms with Gasteiger partial charge in [-0.2, -0.15) is 0 Å². The van der Waals surface area contributed by atoms with Gasteiger partial charge in [0.1, 0.15) is 5.82 Å². The molecule has 0 unspecified atom stereocenters. The van der Waals surface area contributed by atoms with Gasteiger partial charge in [-0.3, -0.25) is 9.59 Å². The smallest absolute Gasteiger partial charge is 0.303 e. The molecule has 1 N–H and O–H groups in total. The van der Waals surface area contributed by atoms with E-state index < -0.39 is 17.7 Å². The molecular weight excluding hydrogens is 261 g/mol. The van der Waals surface area contributed by atoms with E-state index in [1.54, 1.807) is 0 Å². The minimum absolute atomic E-state index is 0.0296. The maximum atomic E-state index is 13.4. The number of hydrogen-bond acceptors (Lipinski definition) is 2. The topological polar surface area (TPSA) is 57.6 Å². The molecule has 0 spiro atoms. The SMILES string of the molecule is O=C(O)CC1CN(C(=O)c2cc(Cl)ccc2F)C1. The van der Waals surface area contributed by atoms with Crippen LogP contribution in [-0.4, -0.2) is 35.0 Å².